The van der Waals surface area contributed by atoms with Crippen LogP contribution in [0.4, 0.5) is 0 Å². The molecular weight excluding hydrogens is 282 g/mol. The molecule has 0 aliphatic rings. The van der Waals surface area contributed by atoms with E-state index >= 15 is 0 Å². The van der Waals surface area contributed by atoms with Crippen LogP contribution in [0.3, 0.4) is 0 Å². The maximum absolute atomic E-state index is 9.53. The summed E-state index contributed by atoms with van der Waals surface area (Å²) in [6.45, 7) is -0.0854. The third-order valence-electron chi connectivity index (χ3n) is 2.66. The second kappa shape index (κ2) is 5.21. The van der Waals surface area contributed by atoms with Gasteiger partial charge in [0.05, 0.1) is 17.3 Å². The fraction of sp³-hybridized carbons (Fsp3) is 0.0769. The number of aliphatic hydroxyl groups is 1. The number of nitrogens with zero attached hydrogens (tertiary/aromatic N) is 3. The minimum Gasteiger partial charge on any atom is -0.390 e. The lowest BCUT2D eigenvalue weighted by Crippen LogP contribution is -1.93. The van der Waals surface area contributed by atoms with Crippen LogP contribution < -0.4 is 0 Å². The van der Waals surface area contributed by atoms with Gasteiger partial charge in [-0.25, -0.2) is 9.97 Å². The molecule has 0 radical (unpaired) electrons. The minimum absolute atomic E-state index is 0.0854. The molecule has 19 heavy (non-hydrogen) atoms. The SMILES string of the molecule is OCc1c(Sc2ncccc2Cl)nc2ccccn12. The average molecular weight is 292 g/mol. The lowest BCUT2D eigenvalue weighted by molar-refractivity contribution is 0.272. The molecule has 0 bridgehead atoms. The zero-order valence-corrected chi connectivity index (χ0v) is 11.4. The van der Waals surface area contributed by atoms with Crippen LogP contribution in [-0.2, 0) is 6.61 Å². The fourth-order valence-electron chi connectivity index (χ4n) is 1.79. The second-order valence-corrected chi connectivity index (χ2v) is 5.23. The quantitative estimate of drug-likeness (QED) is 0.806. The number of rotatable bonds is 3. The fourth-order valence-corrected chi connectivity index (χ4v) is 2.91. The molecule has 3 heterocycles. The maximum atomic E-state index is 9.53. The topological polar surface area (TPSA) is 50.4 Å². The van der Waals surface area contributed by atoms with Crippen LogP contribution in [-0.4, -0.2) is 19.5 Å². The van der Waals surface area contributed by atoms with Gasteiger partial charge in [-0.15, -0.1) is 0 Å². The number of hydrogen-bond donors (Lipinski definition) is 1. The first kappa shape index (κ1) is 12.5. The van der Waals surface area contributed by atoms with E-state index in [1.807, 2.05) is 28.8 Å². The summed E-state index contributed by atoms with van der Waals surface area (Å²) in [6.07, 6.45) is 3.56. The molecule has 0 aliphatic heterocycles. The zero-order valence-electron chi connectivity index (χ0n) is 9.82. The highest BCUT2D eigenvalue weighted by Gasteiger charge is 2.14. The van der Waals surface area contributed by atoms with Gasteiger partial charge in [0, 0.05) is 12.4 Å². The predicted octanol–water partition coefficient (Wildman–Crippen LogP) is 3.03. The molecular formula is C13H10ClN3OS. The van der Waals surface area contributed by atoms with E-state index in [-0.39, 0.29) is 6.61 Å². The molecule has 3 aromatic rings. The molecule has 0 amide bonds. The molecule has 1 N–H and O–H groups in total. The summed E-state index contributed by atoms with van der Waals surface area (Å²) in [6, 6.07) is 9.26. The molecule has 0 aliphatic carbocycles. The van der Waals surface area contributed by atoms with E-state index in [1.165, 1.54) is 11.8 Å². The van der Waals surface area contributed by atoms with E-state index in [9.17, 15) is 5.11 Å². The molecule has 0 saturated carbocycles. The van der Waals surface area contributed by atoms with Gasteiger partial charge in [0.15, 0.2) is 0 Å². The van der Waals surface area contributed by atoms with Crippen molar-refractivity contribution in [2.75, 3.05) is 0 Å². The number of hydrogen-bond acceptors (Lipinski definition) is 4. The van der Waals surface area contributed by atoms with Crippen LogP contribution in [0.2, 0.25) is 5.02 Å². The summed E-state index contributed by atoms with van der Waals surface area (Å²) < 4.78 is 1.86. The van der Waals surface area contributed by atoms with Crippen molar-refractivity contribution in [3.8, 4) is 0 Å². The van der Waals surface area contributed by atoms with E-state index in [0.29, 0.717) is 15.1 Å². The average Bonchev–Trinajstić information content (AvgIpc) is 2.78. The third-order valence-corrected chi connectivity index (χ3v) is 4.12. The molecule has 0 spiro atoms. The minimum atomic E-state index is -0.0854. The van der Waals surface area contributed by atoms with Gasteiger partial charge in [-0.1, -0.05) is 17.7 Å². The van der Waals surface area contributed by atoms with Crippen molar-refractivity contribution < 1.29 is 5.11 Å². The number of aromatic nitrogens is 3. The smallest absolute Gasteiger partial charge is 0.138 e. The Morgan fingerprint density at radius 1 is 1.21 bits per heavy atom. The van der Waals surface area contributed by atoms with Crippen molar-refractivity contribution in [1.82, 2.24) is 14.4 Å². The summed E-state index contributed by atoms with van der Waals surface area (Å²) >= 11 is 7.44. The number of pyridine rings is 2. The Hall–Kier alpha value is -1.56. The molecule has 0 aromatic carbocycles. The summed E-state index contributed by atoms with van der Waals surface area (Å²) in [5.41, 5.74) is 1.53. The van der Waals surface area contributed by atoms with Crippen LogP contribution >= 0.6 is 23.4 Å². The Balaban J connectivity index is 2.08. The van der Waals surface area contributed by atoms with Crippen molar-refractivity contribution in [1.29, 1.82) is 0 Å². The van der Waals surface area contributed by atoms with Crippen molar-refractivity contribution in [2.24, 2.45) is 0 Å². The van der Waals surface area contributed by atoms with Gasteiger partial charge in [-0.2, -0.15) is 0 Å². The molecule has 3 aromatic heterocycles. The van der Waals surface area contributed by atoms with Crippen LogP contribution in [0.5, 0.6) is 0 Å². The van der Waals surface area contributed by atoms with Crippen LogP contribution in [0.15, 0.2) is 52.8 Å². The Bertz CT molecular complexity index is 729. The van der Waals surface area contributed by atoms with Crippen LogP contribution in [0.25, 0.3) is 5.65 Å². The Kier molecular flexibility index (Phi) is 3.42. The van der Waals surface area contributed by atoms with E-state index < -0.39 is 0 Å². The molecule has 0 unspecified atom stereocenters. The molecule has 0 fully saturated rings. The predicted molar refractivity (Wildman–Crippen MR) is 74.5 cm³/mol. The Morgan fingerprint density at radius 2 is 2.11 bits per heavy atom. The first-order chi connectivity index (χ1) is 9.29. The number of fused-ring (bicyclic) bond motifs is 1. The van der Waals surface area contributed by atoms with Gasteiger partial charge in [0.25, 0.3) is 0 Å². The van der Waals surface area contributed by atoms with E-state index in [0.717, 1.165) is 11.3 Å². The largest absolute Gasteiger partial charge is 0.390 e. The lowest BCUT2D eigenvalue weighted by atomic mass is 10.4. The van der Waals surface area contributed by atoms with Crippen molar-refractivity contribution >= 4 is 29.0 Å². The molecule has 0 atom stereocenters. The second-order valence-electron chi connectivity index (χ2n) is 3.84. The highest BCUT2D eigenvalue weighted by molar-refractivity contribution is 7.99. The van der Waals surface area contributed by atoms with Crippen molar-refractivity contribution in [2.45, 2.75) is 16.7 Å². The van der Waals surface area contributed by atoms with Crippen LogP contribution in [0.1, 0.15) is 5.69 Å². The lowest BCUT2D eigenvalue weighted by Gasteiger charge is -2.02. The molecule has 3 rings (SSSR count). The normalized spacial score (nSPS) is 11.1. The zero-order chi connectivity index (χ0) is 13.2. The summed E-state index contributed by atoms with van der Waals surface area (Å²) in [5, 5.41) is 11.5. The van der Waals surface area contributed by atoms with E-state index in [4.69, 9.17) is 11.6 Å². The highest BCUT2D eigenvalue weighted by Crippen LogP contribution is 2.33. The van der Waals surface area contributed by atoms with E-state index in [1.54, 1.807) is 18.3 Å². The summed E-state index contributed by atoms with van der Waals surface area (Å²) in [4.78, 5) is 8.71. The van der Waals surface area contributed by atoms with Crippen LogP contribution in [0, 0.1) is 0 Å². The monoisotopic (exact) mass is 291 g/mol. The Morgan fingerprint density at radius 3 is 2.89 bits per heavy atom. The van der Waals surface area contributed by atoms with Crippen molar-refractivity contribution in [3.05, 3.63) is 53.4 Å². The van der Waals surface area contributed by atoms with Gasteiger partial charge in [-0.3, -0.25) is 0 Å². The summed E-state index contributed by atoms with van der Waals surface area (Å²) in [5.74, 6) is 0. The first-order valence-corrected chi connectivity index (χ1v) is 6.84. The Labute approximate surface area is 119 Å². The number of halogens is 1. The van der Waals surface area contributed by atoms with Gasteiger partial charge in [-0.05, 0) is 36.0 Å². The first-order valence-electron chi connectivity index (χ1n) is 5.65. The molecule has 0 saturated heterocycles. The maximum Gasteiger partial charge on any atom is 0.138 e. The van der Waals surface area contributed by atoms with Gasteiger partial charge >= 0.3 is 0 Å². The highest BCUT2D eigenvalue weighted by atomic mass is 35.5. The number of imidazole rings is 1. The number of aliphatic hydroxyl groups excluding tert-OH is 1. The van der Waals surface area contributed by atoms with Gasteiger partial charge in [0.1, 0.15) is 15.7 Å². The molecule has 4 nitrogen and oxygen atoms in total. The molecule has 6 heteroatoms. The van der Waals surface area contributed by atoms with Crippen molar-refractivity contribution in [3.63, 3.8) is 0 Å². The summed E-state index contributed by atoms with van der Waals surface area (Å²) in [7, 11) is 0. The third kappa shape index (κ3) is 2.32. The van der Waals surface area contributed by atoms with Gasteiger partial charge < -0.3 is 9.51 Å². The van der Waals surface area contributed by atoms with Gasteiger partial charge in [0.2, 0.25) is 0 Å². The standard InChI is InChI=1S/C13H10ClN3OS/c14-9-4-3-6-15-12(9)19-13-10(8-18)17-7-2-1-5-11(17)16-13/h1-7,18H,8H2. The van der Waals surface area contributed by atoms with E-state index in [2.05, 4.69) is 9.97 Å². The molecule has 96 valence electrons.